The molecule has 0 spiro atoms. The Balaban J connectivity index is 3.88. The first-order chi connectivity index (χ1) is 4.74. The highest BCUT2D eigenvalue weighted by molar-refractivity contribution is 8.06. The third-order valence-electron chi connectivity index (χ3n) is 1.22. The molecule has 0 aliphatic rings. The van der Waals surface area contributed by atoms with Crippen LogP contribution in [-0.4, -0.2) is 6.54 Å². The van der Waals surface area contributed by atoms with Crippen molar-refractivity contribution in [3.63, 3.8) is 0 Å². The van der Waals surface area contributed by atoms with E-state index in [1.165, 1.54) is 9.81 Å². The summed E-state index contributed by atoms with van der Waals surface area (Å²) < 4.78 is 0. The minimum absolute atomic E-state index is 0.645. The Bertz CT molecular complexity index is 147. The number of nitrogens with two attached hydrogens (primary N) is 1. The topological polar surface area (TPSA) is 26.0 Å². The van der Waals surface area contributed by atoms with Gasteiger partial charge in [0.1, 0.15) is 0 Å². The Hall–Kier alpha value is -0.210. The Morgan fingerprint density at radius 2 is 2.00 bits per heavy atom. The van der Waals surface area contributed by atoms with E-state index < -0.39 is 0 Å². The third kappa shape index (κ3) is 3.75. The molecule has 0 unspecified atom stereocenters. The summed E-state index contributed by atoms with van der Waals surface area (Å²) in [4.78, 5) is 2.54. The van der Waals surface area contributed by atoms with Gasteiger partial charge in [0.15, 0.2) is 0 Å². The van der Waals surface area contributed by atoms with E-state index in [2.05, 4.69) is 19.1 Å². The molecule has 0 aromatic heterocycles. The number of thioether (sulfide) groups is 1. The lowest BCUT2D eigenvalue weighted by Gasteiger charge is -2.01. The van der Waals surface area contributed by atoms with Crippen LogP contribution in [0.4, 0.5) is 0 Å². The van der Waals surface area contributed by atoms with Crippen molar-refractivity contribution in [3.8, 4) is 0 Å². The first-order valence-electron chi connectivity index (χ1n) is 3.40. The summed E-state index contributed by atoms with van der Waals surface area (Å²) in [5.41, 5.74) is 5.47. The molecule has 58 valence electrons. The van der Waals surface area contributed by atoms with Gasteiger partial charge in [-0.1, -0.05) is 23.9 Å². The smallest absolute Gasteiger partial charge is 0.0239 e. The predicted molar refractivity (Wildman–Crippen MR) is 49.8 cm³/mol. The summed E-state index contributed by atoms with van der Waals surface area (Å²) in [5, 5.41) is 0. The fourth-order valence-electron chi connectivity index (χ4n) is 0.484. The number of rotatable bonds is 3. The van der Waals surface area contributed by atoms with Crippen LogP contribution in [0, 0.1) is 0 Å². The monoisotopic (exact) mass is 157 g/mol. The van der Waals surface area contributed by atoms with Crippen LogP contribution in [0.15, 0.2) is 22.0 Å². The lowest BCUT2D eigenvalue weighted by atomic mass is 10.5. The zero-order valence-electron chi connectivity index (χ0n) is 6.85. The lowest BCUT2D eigenvalue weighted by Crippen LogP contribution is -1.99. The van der Waals surface area contributed by atoms with Crippen LogP contribution in [0.2, 0.25) is 0 Å². The molecule has 1 nitrogen and oxygen atoms in total. The molecule has 0 saturated heterocycles. The van der Waals surface area contributed by atoms with Gasteiger partial charge >= 0.3 is 0 Å². The fraction of sp³-hybridized carbons (Fsp3) is 0.500. The van der Waals surface area contributed by atoms with Crippen LogP contribution in [0.25, 0.3) is 0 Å². The Morgan fingerprint density at radius 1 is 1.40 bits per heavy atom. The minimum Gasteiger partial charge on any atom is -0.326 e. The van der Waals surface area contributed by atoms with Gasteiger partial charge in [0.05, 0.1) is 0 Å². The molecule has 0 aliphatic heterocycles. The molecule has 0 rings (SSSR count). The third-order valence-corrected chi connectivity index (χ3v) is 2.44. The second-order valence-corrected chi connectivity index (χ2v) is 3.33. The fourth-order valence-corrected chi connectivity index (χ4v) is 1.22. The molecule has 0 bridgehead atoms. The standard InChI is InChI=1S/C8H15NS/c1-4-7(3)10-8(5-2)6-9/h4-5H,6,9H2,1-3H3/b7-4-,8-5-. The van der Waals surface area contributed by atoms with E-state index in [-0.39, 0.29) is 0 Å². The maximum absolute atomic E-state index is 5.47. The summed E-state index contributed by atoms with van der Waals surface area (Å²) in [6.07, 6.45) is 4.14. The van der Waals surface area contributed by atoms with E-state index in [9.17, 15) is 0 Å². The minimum atomic E-state index is 0.645. The van der Waals surface area contributed by atoms with Gasteiger partial charge in [-0.05, 0) is 30.6 Å². The average molecular weight is 157 g/mol. The highest BCUT2D eigenvalue weighted by Crippen LogP contribution is 2.22. The van der Waals surface area contributed by atoms with E-state index in [4.69, 9.17) is 5.73 Å². The van der Waals surface area contributed by atoms with Gasteiger partial charge in [0.25, 0.3) is 0 Å². The molecule has 2 heteroatoms. The molecule has 0 aromatic carbocycles. The largest absolute Gasteiger partial charge is 0.326 e. The van der Waals surface area contributed by atoms with Crippen molar-refractivity contribution in [2.75, 3.05) is 6.54 Å². The molecule has 0 radical (unpaired) electrons. The van der Waals surface area contributed by atoms with Crippen molar-refractivity contribution in [3.05, 3.63) is 22.0 Å². The Morgan fingerprint density at radius 3 is 2.30 bits per heavy atom. The van der Waals surface area contributed by atoms with E-state index in [1.54, 1.807) is 11.8 Å². The maximum Gasteiger partial charge on any atom is 0.0239 e. The molecular formula is C8H15NS. The van der Waals surface area contributed by atoms with Crippen LogP contribution < -0.4 is 5.73 Å². The number of allylic oxidation sites excluding steroid dienone is 3. The summed E-state index contributed by atoms with van der Waals surface area (Å²) in [5.74, 6) is 0. The van der Waals surface area contributed by atoms with Crippen molar-refractivity contribution < 1.29 is 0 Å². The number of hydrogen-bond donors (Lipinski definition) is 1. The summed E-state index contributed by atoms with van der Waals surface area (Å²) in [6, 6.07) is 0. The van der Waals surface area contributed by atoms with Gasteiger partial charge in [-0.25, -0.2) is 0 Å². The summed E-state index contributed by atoms with van der Waals surface area (Å²) in [7, 11) is 0. The van der Waals surface area contributed by atoms with Crippen LogP contribution in [0.3, 0.4) is 0 Å². The SMILES string of the molecule is C/C=C(/C)S/C(=C\C)CN. The van der Waals surface area contributed by atoms with Gasteiger partial charge in [0, 0.05) is 6.54 Å². The van der Waals surface area contributed by atoms with E-state index in [1.807, 2.05) is 13.8 Å². The predicted octanol–water partition coefficient (Wildman–Crippen LogP) is 2.51. The van der Waals surface area contributed by atoms with Gasteiger partial charge < -0.3 is 5.73 Å². The first-order valence-corrected chi connectivity index (χ1v) is 4.22. The van der Waals surface area contributed by atoms with E-state index in [0.717, 1.165) is 0 Å². The molecule has 0 aromatic rings. The molecule has 10 heavy (non-hydrogen) atoms. The molecule has 0 fully saturated rings. The van der Waals surface area contributed by atoms with Crippen molar-refractivity contribution in [2.24, 2.45) is 5.73 Å². The van der Waals surface area contributed by atoms with E-state index in [0.29, 0.717) is 6.54 Å². The highest BCUT2D eigenvalue weighted by Gasteiger charge is 1.93. The summed E-state index contributed by atoms with van der Waals surface area (Å²) in [6.45, 7) is 6.78. The molecule has 0 aliphatic carbocycles. The number of hydrogen-bond acceptors (Lipinski definition) is 2. The zero-order valence-corrected chi connectivity index (χ0v) is 7.66. The Labute approximate surface area is 67.4 Å². The first kappa shape index (κ1) is 9.79. The molecule has 0 amide bonds. The van der Waals surface area contributed by atoms with E-state index >= 15 is 0 Å². The van der Waals surface area contributed by atoms with Crippen molar-refractivity contribution >= 4 is 11.8 Å². The van der Waals surface area contributed by atoms with Crippen molar-refractivity contribution in [2.45, 2.75) is 20.8 Å². The van der Waals surface area contributed by atoms with Crippen LogP contribution in [-0.2, 0) is 0 Å². The zero-order chi connectivity index (χ0) is 7.98. The van der Waals surface area contributed by atoms with Crippen LogP contribution >= 0.6 is 11.8 Å². The molecular weight excluding hydrogens is 142 g/mol. The van der Waals surface area contributed by atoms with Crippen molar-refractivity contribution in [1.82, 2.24) is 0 Å². The van der Waals surface area contributed by atoms with Gasteiger partial charge in [0.2, 0.25) is 0 Å². The van der Waals surface area contributed by atoms with Gasteiger partial charge in [-0.15, -0.1) is 0 Å². The molecule has 0 saturated carbocycles. The van der Waals surface area contributed by atoms with Crippen molar-refractivity contribution in [1.29, 1.82) is 0 Å². The molecule has 0 atom stereocenters. The molecule has 0 heterocycles. The second-order valence-electron chi connectivity index (χ2n) is 1.96. The van der Waals surface area contributed by atoms with Gasteiger partial charge in [-0.2, -0.15) is 0 Å². The van der Waals surface area contributed by atoms with Gasteiger partial charge in [-0.3, -0.25) is 0 Å². The summed E-state index contributed by atoms with van der Waals surface area (Å²) >= 11 is 1.74. The lowest BCUT2D eigenvalue weighted by molar-refractivity contribution is 1.23. The Kier molecular flexibility index (Phi) is 5.45. The average Bonchev–Trinajstić information content (AvgIpc) is 1.99. The quantitative estimate of drug-likeness (QED) is 0.681. The normalized spacial score (nSPS) is 14.0. The molecule has 2 N–H and O–H groups in total. The van der Waals surface area contributed by atoms with Crippen LogP contribution in [0.1, 0.15) is 20.8 Å². The highest BCUT2D eigenvalue weighted by atomic mass is 32.2. The maximum atomic E-state index is 5.47. The second kappa shape index (κ2) is 5.57. The van der Waals surface area contributed by atoms with Crippen LogP contribution in [0.5, 0.6) is 0 Å².